The molecule has 1 atom stereocenters. The maximum Gasteiger partial charge on any atom is 0.222 e. The molecule has 0 bridgehead atoms. The summed E-state index contributed by atoms with van der Waals surface area (Å²) in [6, 6.07) is 7.65. The lowest BCUT2D eigenvalue weighted by molar-refractivity contribution is -0.121. The lowest BCUT2D eigenvalue weighted by atomic mass is 10.1. The number of anilines is 1. The molecule has 80 valence electrons. The first-order valence-corrected chi connectivity index (χ1v) is 5.34. The van der Waals surface area contributed by atoms with Gasteiger partial charge in [-0.15, -0.1) is 0 Å². The number of halogens is 1. The number of benzene rings is 1. The van der Waals surface area contributed by atoms with Crippen molar-refractivity contribution in [3.8, 4) is 0 Å². The van der Waals surface area contributed by atoms with Gasteiger partial charge in [0.25, 0.3) is 0 Å². The van der Waals surface area contributed by atoms with E-state index < -0.39 is 0 Å². The van der Waals surface area contributed by atoms with E-state index in [2.05, 4.69) is 4.90 Å². The molecule has 1 aliphatic rings. The predicted octanol–water partition coefficient (Wildman–Crippen LogP) is 1.65. The molecule has 2 rings (SSSR count). The fourth-order valence-electron chi connectivity index (χ4n) is 1.90. The van der Waals surface area contributed by atoms with E-state index in [0.717, 1.165) is 23.7 Å². The Bertz CT molecular complexity index is 381. The average Bonchev–Trinajstić information content (AvgIpc) is 2.66. The molecule has 1 aromatic carbocycles. The number of primary amides is 1. The Morgan fingerprint density at radius 1 is 1.53 bits per heavy atom. The highest BCUT2D eigenvalue weighted by molar-refractivity contribution is 6.30. The van der Waals surface area contributed by atoms with E-state index in [-0.39, 0.29) is 11.8 Å². The molecule has 4 heteroatoms. The lowest BCUT2D eigenvalue weighted by Crippen LogP contribution is -2.27. The van der Waals surface area contributed by atoms with Crippen LogP contribution in [0.5, 0.6) is 0 Å². The van der Waals surface area contributed by atoms with Crippen molar-refractivity contribution >= 4 is 23.2 Å². The van der Waals surface area contributed by atoms with Crippen LogP contribution >= 0.6 is 11.6 Å². The number of nitrogens with two attached hydrogens (primary N) is 1. The topological polar surface area (TPSA) is 46.3 Å². The second kappa shape index (κ2) is 4.11. The third-order valence-corrected chi connectivity index (χ3v) is 3.00. The minimum absolute atomic E-state index is 0.0241. The van der Waals surface area contributed by atoms with Gasteiger partial charge in [0.05, 0.1) is 5.92 Å². The molecule has 0 radical (unpaired) electrons. The Labute approximate surface area is 93.8 Å². The first-order chi connectivity index (χ1) is 7.16. The van der Waals surface area contributed by atoms with E-state index in [4.69, 9.17) is 17.3 Å². The molecule has 1 aromatic rings. The second-order valence-electron chi connectivity index (χ2n) is 3.81. The molecule has 0 spiro atoms. The zero-order valence-electron chi connectivity index (χ0n) is 8.32. The molecule has 15 heavy (non-hydrogen) atoms. The highest BCUT2D eigenvalue weighted by Crippen LogP contribution is 2.25. The van der Waals surface area contributed by atoms with Crippen molar-refractivity contribution in [2.45, 2.75) is 6.42 Å². The minimum Gasteiger partial charge on any atom is -0.371 e. The van der Waals surface area contributed by atoms with Crippen LogP contribution in [0.25, 0.3) is 0 Å². The summed E-state index contributed by atoms with van der Waals surface area (Å²) >= 11 is 5.90. The van der Waals surface area contributed by atoms with E-state index in [1.807, 2.05) is 24.3 Å². The Morgan fingerprint density at radius 2 is 2.33 bits per heavy atom. The van der Waals surface area contributed by atoms with Crippen molar-refractivity contribution in [2.75, 3.05) is 18.0 Å². The number of nitrogens with zero attached hydrogens (tertiary/aromatic N) is 1. The first-order valence-electron chi connectivity index (χ1n) is 4.96. The molecule has 0 aromatic heterocycles. The van der Waals surface area contributed by atoms with Crippen molar-refractivity contribution < 1.29 is 4.79 Å². The van der Waals surface area contributed by atoms with E-state index in [1.54, 1.807) is 0 Å². The number of hydrogen-bond acceptors (Lipinski definition) is 2. The fraction of sp³-hybridized carbons (Fsp3) is 0.364. The third kappa shape index (κ3) is 2.23. The van der Waals surface area contributed by atoms with E-state index in [1.165, 1.54) is 0 Å². The van der Waals surface area contributed by atoms with Gasteiger partial charge in [-0.1, -0.05) is 17.7 Å². The minimum atomic E-state index is -0.209. The summed E-state index contributed by atoms with van der Waals surface area (Å²) in [5, 5.41) is 0.718. The summed E-state index contributed by atoms with van der Waals surface area (Å²) in [5.74, 6) is -0.233. The third-order valence-electron chi connectivity index (χ3n) is 2.76. The predicted molar refractivity (Wildman–Crippen MR) is 61.0 cm³/mol. The summed E-state index contributed by atoms with van der Waals surface area (Å²) < 4.78 is 0. The van der Waals surface area contributed by atoms with Crippen molar-refractivity contribution in [2.24, 2.45) is 11.7 Å². The van der Waals surface area contributed by atoms with Crippen LogP contribution in [-0.2, 0) is 4.79 Å². The highest BCUT2D eigenvalue weighted by Gasteiger charge is 2.26. The van der Waals surface area contributed by atoms with Crippen LogP contribution < -0.4 is 10.6 Å². The number of rotatable bonds is 2. The van der Waals surface area contributed by atoms with Gasteiger partial charge < -0.3 is 10.6 Å². The summed E-state index contributed by atoms with van der Waals surface area (Å²) in [5.41, 5.74) is 6.34. The molecule has 1 unspecified atom stereocenters. The maximum absolute atomic E-state index is 11.0. The summed E-state index contributed by atoms with van der Waals surface area (Å²) in [6.07, 6.45) is 0.835. The van der Waals surface area contributed by atoms with Crippen LogP contribution in [0.3, 0.4) is 0 Å². The van der Waals surface area contributed by atoms with Crippen LogP contribution in [-0.4, -0.2) is 19.0 Å². The van der Waals surface area contributed by atoms with Gasteiger partial charge in [0.15, 0.2) is 0 Å². The maximum atomic E-state index is 11.0. The summed E-state index contributed by atoms with van der Waals surface area (Å²) in [4.78, 5) is 13.2. The van der Waals surface area contributed by atoms with Gasteiger partial charge >= 0.3 is 0 Å². The Morgan fingerprint density at radius 3 is 2.93 bits per heavy atom. The molecule has 1 fully saturated rings. The number of hydrogen-bond donors (Lipinski definition) is 1. The van der Waals surface area contributed by atoms with E-state index in [9.17, 15) is 4.79 Å². The largest absolute Gasteiger partial charge is 0.371 e. The van der Waals surface area contributed by atoms with E-state index in [0.29, 0.717) is 6.54 Å². The summed E-state index contributed by atoms with van der Waals surface area (Å²) in [7, 11) is 0. The smallest absolute Gasteiger partial charge is 0.222 e. The quantitative estimate of drug-likeness (QED) is 0.831. The molecule has 1 amide bonds. The standard InChI is InChI=1S/C11H13ClN2O/c12-9-2-1-3-10(6-9)14-5-4-8(7-14)11(13)15/h1-3,6,8H,4-5,7H2,(H2,13,15). The zero-order chi connectivity index (χ0) is 10.8. The first kappa shape index (κ1) is 10.3. The monoisotopic (exact) mass is 224 g/mol. The van der Waals surface area contributed by atoms with Gasteiger partial charge in [-0.3, -0.25) is 4.79 Å². The van der Waals surface area contributed by atoms with Crippen molar-refractivity contribution in [3.63, 3.8) is 0 Å². The van der Waals surface area contributed by atoms with Crippen molar-refractivity contribution in [1.29, 1.82) is 0 Å². The molecular formula is C11H13ClN2O. The Hall–Kier alpha value is -1.22. The lowest BCUT2D eigenvalue weighted by Gasteiger charge is -2.18. The van der Waals surface area contributed by atoms with Gasteiger partial charge in [-0.2, -0.15) is 0 Å². The van der Waals surface area contributed by atoms with Gasteiger partial charge in [0.1, 0.15) is 0 Å². The average molecular weight is 225 g/mol. The highest BCUT2D eigenvalue weighted by atomic mass is 35.5. The fourth-order valence-corrected chi connectivity index (χ4v) is 2.08. The normalized spacial score (nSPS) is 20.6. The zero-order valence-corrected chi connectivity index (χ0v) is 9.07. The van der Waals surface area contributed by atoms with E-state index >= 15 is 0 Å². The van der Waals surface area contributed by atoms with Gasteiger partial charge in [0.2, 0.25) is 5.91 Å². The number of carbonyl (C=O) groups is 1. The molecule has 0 saturated carbocycles. The van der Waals surface area contributed by atoms with Crippen LogP contribution in [0.2, 0.25) is 5.02 Å². The molecule has 0 aliphatic carbocycles. The molecule has 1 aliphatic heterocycles. The van der Waals surface area contributed by atoms with Crippen molar-refractivity contribution in [3.05, 3.63) is 29.3 Å². The SMILES string of the molecule is NC(=O)C1CCN(c2cccc(Cl)c2)C1. The van der Waals surface area contributed by atoms with Gasteiger partial charge in [-0.05, 0) is 24.6 Å². The molecule has 1 heterocycles. The molecule has 2 N–H and O–H groups in total. The van der Waals surface area contributed by atoms with Crippen LogP contribution in [0, 0.1) is 5.92 Å². The van der Waals surface area contributed by atoms with Crippen LogP contribution in [0.4, 0.5) is 5.69 Å². The van der Waals surface area contributed by atoms with Crippen LogP contribution in [0.1, 0.15) is 6.42 Å². The second-order valence-corrected chi connectivity index (χ2v) is 4.25. The molecule has 3 nitrogen and oxygen atoms in total. The number of amides is 1. The Balaban J connectivity index is 2.11. The summed E-state index contributed by atoms with van der Waals surface area (Å²) in [6.45, 7) is 1.57. The van der Waals surface area contributed by atoms with Gasteiger partial charge in [0, 0.05) is 23.8 Å². The molecular weight excluding hydrogens is 212 g/mol. The molecule has 1 saturated heterocycles. The van der Waals surface area contributed by atoms with Gasteiger partial charge in [-0.25, -0.2) is 0 Å². The Kier molecular flexibility index (Phi) is 2.82. The van der Waals surface area contributed by atoms with Crippen molar-refractivity contribution in [1.82, 2.24) is 0 Å². The van der Waals surface area contributed by atoms with Crippen LogP contribution in [0.15, 0.2) is 24.3 Å². The number of carbonyl (C=O) groups excluding carboxylic acids is 1.